The van der Waals surface area contributed by atoms with Crippen molar-refractivity contribution in [2.45, 2.75) is 38.5 Å². The minimum Gasteiger partial charge on any atom is -0.361 e. The van der Waals surface area contributed by atoms with Crippen LogP contribution in [0.4, 0.5) is 0 Å². The fourth-order valence-corrected chi connectivity index (χ4v) is 4.73. The van der Waals surface area contributed by atoms with Gasteiger partial charge in [-0.3, -0.25) is 4.79 Å². The highest BCUT2D eigenvalue weighted by molar-refractivity contribution is 7.89. The number of nitrogens with zero attached hydrogens (tertiary/aromatic N) is 3. The van der Waals surface area contributed by atoms with E-state index in [0.29, 0.717) is 43.3 Å². The summed E-state index contributed by atoms with van der Waals surface area (Å²) < 4.78 is 32.3. The Hall–Kier alpha value is -2.19. The van der Waals surface area contributed by atoms with Crippen LogP contribution in [0.2, 0.25) is 0 Å². The summed E-state index contributed by atoms with van der Waals surface area (Å²) in [7, 11) is -3.54. The second kappa shape index (κ2) is 7.82. The van der Waals surface area contributed by atoms with Crippen LogP contribution in [0.1, 0.15) is 29.0 Å². The third kappa shape index (κ3) is 4.22. The summed E-state index contributed by atoms with van der Waals surface area (Å²) in [5.74, 6) is 0.623. The predicted molar refractivity (Wildman–Crippen MR) is 101 cm³/mol. The first-order chi connectivity index (χ1) is 12.8. The van der Waals surface area contributed by atoms with Crippen molar-refractivity contribution >= 4 is 15.9 Å². The van der Waals surface area contributed by atoms with Gasteiger partial charge in [0, 0.05) is 31.7 Å². The molecule has 2 heterocycles. The maximum absolute atomic E-state index is 12.9. The molecule has 0 radical (unpaired) electrons. The summed E-state index contributed by atoms with van der Waals surface area (Å²) in [5, 5.41) is 3.88. The van der Waals surface area contributed by atoms with Gasteiger partial charge in [0.05, 0.1) is 17.0 Å². The molecule has 1 saturated heterocycles. The van der Waals surface area contributed by atoms with Gasteiger partial charge in [-0.25, -0.2) is 8.42 Å². The van der Waals surface area contributed by atoms with Crippen LogP contribution < -0.4 is 0 Å². The monoisotopic (exact) mass is 391 g/mol. The SMILES string of the molecule is Cc1ccc(S(=O)(=O)N2CCCN(C(=O)Cc3c(C)noc3C)CC2)cc1. The summed E-state index contributed by atoms with van der Waals surface area (Å²) in [6.07, 6.45) is 0.838. The third-order valence-electron chi connectivity index (χ3n) is 4.98. The molecule has 0 aliphatic carbocycles. The van der Waals surface area contributed by atoms with E-state index in [9.17, 15) is 13.2 Å². The Kier molecular flexibility index (Phi) is 5.67. The molecule has 7 nitrogen and oxygen atoms in total. The van der Waals surface area contributed by atoms with Gasteiger partial charge < -0.3 is 9.42 Å². The minimum atomic E-state index is -3.54. The molecular formula is C19H25N3O4S. The zero-order chi connectivity index (χ0) is 19.6. The molecule has 1 aromatic heterocycles. The van der Waals surface area contributed by atoms with Gasteiger partial charge in [-0.15, -0.1) is 0 Å². The molecule has 0 spiro atoms. The molecule has 0 N–H and O–H groups in total. The van der Waals surface area contributed by atoms with Crippen LogP contribution in [0.3, 0.4) is 0 Å². The maximum atomic E-state index is 12.9. The topological polar surface area (TPSA) is 83.7 Å². The molecule has 1 aliphatic heterocycles. The molecule has 0 saturated carbocycles. The quantitative estimate of drug-likeness (QED) is 0.797. The number of hydrogen-bond acceptors (Lipinski definition) is 5. The van der Waals surface area contributed by atoms with Crippen molar-refractivity contribution in [3.8, 4) is 0 Å². The number of carbonyl (C=O) groups is 1. The van der Waals surface area contributed by atoms with Gasteiger partial charge in [-0.2, -0.15) is 4.31 Å². The number of aromatic nitrogens is 1. The van der Waals surface area contributed by atoms with Crippen LogP contribution >= 0.6 is 0 Å². The fraction of sp³-hybridized carbons (Fsp3) is 0.474. The molecule has 0 atom stereocenters. The van der Waals surface area contributed by atoms with E-state index in [4.69, 9.17) is 4.52 Å². The van der Waals surface area contributed by atoms with Crippen LogP contribution in [0.25, 0.3) is 0 Å². The first-order valence-corrected chi connectivity index (χ1v) is 10.5. The summed E-state index contributed by atoms with van der Waals surface area (Å²) in [6, 6.07) is 6.86. The molecule has 0 unspecified atom stereocenters. The number of carbonyl (C=O) groups excluding carboxylic acids is 1. The lowest BCUT2D eigenvalue weighted by Gasteiger charge is -2.22. The summed E-state index contributed by atoms with van der Waals surface area (Å²) in [4.78, 5) is 14.7. The Balaban J connectivity index is 1.68. The van der Waals surface area contributed by atoms with Crippen molar-refractivity contribution < 1.29 is 17.7 Å². The van der Waals surface area contributed by atoms with Crippen molar-refractivity contribution in [1.82, 2.24) is 14.4 Å². The number of amides is 1. The Bertz CT molecular complexity index is 899. The number of benzene rings is 1. The third-order valence-corrected chi connectivity index (χ3v) is 6.89. The van der Waals surface area contributed by atoms with Crippen molar-refractivity contribution in [1.29, 1.82) is 0 Å². The van der Waals surface area contributed by atoms with Crippen molar-refractivity contribution in [2.24, 2.45) is 0 Å². The summed E-state index contributed by atoms with van der Waals surface area (Å²) in [6.45, 7) is 7.16. The van der Waals surface area contributed by atoms with Crippen LogP contribution in [0, 0.1) is 20.8 Å². The van der Waals surface area contributed by atoms with Gasteiger partial charge in [0.2, 0.25) is 15.9 Å². The molecule has 1 amide bonds. The van der Waals surface area contributed by atoms with Crippen molar-refractivity contribution in [3.05, 3.63) is 46.8 Å². The smallest absolute Gasteiger partial charge is 0.243 e. The molecule has 2 aromatic rings. The first-order valence-electron chi connectivity index (χ1n) is 9.05. The van der Waals surface area contributed by atoms with Crippen LogP contribution in [0.15, 0.2) is 33.7 Å². The lowest BCUT2D eigenvalue weighted by Crippen LogP contribution is -2.38. The Labute approximate surface area is 160 Å². The molecule has 146 valence electrons. The van der Waals surface area contributed by atoms with E-state index >= 15 is 0 Å². The van der Waals surface area contributed by atoms with Gasteiger partial charge >= 0.3 is 0 Å². The van der Waals surface area contributed by atoms with Crippen molar-refractivity contribution in [3.63, 3.8) is 0 Å². The first kappa shape index (κ1) is 19.6. The standard InChI is InChI=1S/C19H25N3O4S/c1-14-5-7-17(8-6-14)27(24,25)22-10-4-9-21(11-12-22)19(23)13-18-15(2)20-26-16(18)3/h5-8H,4,9-13H2,1-3H3. The highest BCUT2D eigenvalue weighted by Crippen LogP contribution is 2.19. The fourth-order valence-electron chi connectivity index (χ4n) is 3.26. The van der Waals surface area contributed by atoms with Crippen LogP contribution in [-0.2, 0) is 21.2 Å². The van der Waals surface area contributed by atoms with Crippen LogP contribution in [-0.4, -0.2) is 54.9 Å². The highest BCUT2D eigenvalue weighted by Gasteiger charge is 2.28. The molecule has 1 fully saturated rings. The second-order valence-corrected chi connectivity index (χ2v) is 8.87. The highest BCUT2D eigenvalue weighted by atomic mass is 32.2. The normalized spacial score (nSPS) is 16.3. The summed E-state index contributed by atoms with van der Waals surface area (Å²) in [5.41, 5.74) is 2.55. The van der Waals surface area contributed by atoms with E-state index in [1.54, 1.807) is 36.1 Å². The van der Waals surface area contributed by atoms with E-state index in [1.165, 1.54) is 4.31 Å². The lowest BCUT2D eigenvalue weighted by atomic mass is 10.1. The predicted octanol–water partition coefficient (Wildman–Crippen LogP) is 2.07. The average molecular weight is 391 g/mol. The molecule has 3 rings (SSSR count). The van der Waals surface area contributed by atoms with E-state index < -0.39 is 10.0 Å². The minimum absolute atomic E-state index is 0.0287. The van der Waals surface area contributed by atoms with Crippen LogP contribution in [0.5, 0.6) is 0 Å². The number of hydrogen-bond donors (Lipinski definition) is 0. The molecule has 1 aromatic carbocycles. The largest absolute Gasteiger partial charge is 0.361 e. The zero-order valence-electron chi connectivity index (χ0n) is 15.9. The molecule has 1 aliphatic rings. The zero-order valence-corrected chi connectivity index (χ0v) is 16.8. The molecule has 27 heavy (non-hydrogen) atoms. The Morgan fingerprint density at radius 3 is 2.41 bits per heavy atom. The molecule has 8 heteroatoms. The Morgan fingerprint density at radius 2 is 1.78 bits per heavy atom. The Morgan fingerprint density at radius 1 is 1.07 bits per heavy atom. The van der Waals surface area contributed by atoms with Gasteiger partial charge in [-0.05, 0) is 39.3 Å². The molecule has 0 bridgehead atoms. The van der Waals surface area contributed by atoms with E-state index in [2.05, 4.69) is 5.16 Å². The maximum Gasteiger partial charge on any atom is 0.243 e. The van der Waals surface area contributed by atoms with Gasteiger partial charge in [0.15, 0.2) is 0 Å². The van der Waals surface area contributed by atoms with Crippen molar-refractivity contribution in [2.75, 3.05) is 26.2 Å². The summed E-state index contributed by atoms with van der Waals surface area (Å²) >= 11 is 0. The van der Waals surface area contributed by atoms with Gasteiger partial charge in [-0.1, -0.05) is 22.9 Å². The molecular weight excluding hydrogens is 366 g/mol. The number of rotatable bonds is 4. The average Bonchev–Trinajstić information content (AvgIpc) is 2.84. The van der Waals surface area contributed by atoms with E-state index in [0.717, 1.165) is 16.8 Å². The second-order valence-electron chi connectivity index (χ2n) is 6.93. The number of sulfonamides is 1. The van der Waals surface area contributed by atoms with Gasteiger partial charge in [0.1, 0.15) is 5.76 Å². The van der Waals surface area contributed by atoms with Gasteiger partial charge in [0.25, 0.3) is 0 Å². The van der Waals surface area contributed by atoms with E-state index in [1.807, 2.05) is 13.8 Å². The number of aryl methyl sites for hydroxylation is 3. The van der Waals surface area contributed by atoms with E-state index in [-0.39, 0.29) is 12.3 Å². The lowest BCUT2D eigenvalue weighted by molar-refractivity contribution is -0.130.